The number of rotatable bonds is 11. The normalized spacial score (nSPS) is 11.1. The lowest BCUT2D eigenvalue weighted by atomic mass is 10.1. The summed E-state index contributed by atoms with van der Waals surface area (Å²) in [5.74, 6) is 1.87. The van der Waals surface area contributed by atoms with Crippen LogP contribution in [0.25, 0.3) is 11.4 Å². The van der Waals surface area contributed by atoms with Gasteiger partial charge in [-0.25, -0.2) is 19.7 Å². The van der Waals surface area contributed by atoms with E-state index in [2.05, 4.69) is 30.7 Å². The number of ether oxygens (including phenoxy) is 3. The van der Waals surface area contributed by atoms with E-state index in [-0.39, 0.29) is 5.78 Å². The summed E-state index contributed by atoms with van der Waals surface area (Å²) in [6.07, 6.45) is 3.45. The molecule has 0 saturated carbocycles. The van der Waals surface area contributed by atoms with Crippen molar-refractivity contribution in [3.05, 3.63) is 60.2 Å². The standard InChI is InChI=1S/C29H33N7O5/c1-8-22(37)19-15-30-25(34-24-13-12-23(17(2)32-24)41-29(3,4)28(38)40-7)14-21(19)33-20-11-9-10-18(26(20)39-6)27-31-16-36(5)35-27/h9-16H,8H2,1-7H3,(H2,30,32,33,34). The molecule has 4 rings (SSSR count). The molecule has 0 unspecified atom stereocenters. The fourth-order valence-electron chi connectivity index (χ4n) is 4.10. The number of aryl methyl sites for hydroxylation is 2. The summed E-state index contributed by atoms with van der Waals surface area (Å²) < 4.78 is 18.0. The van der Waals surface area contributed by atoms with Gasteiger partial charge in [-0.1, -0.05) is 13.0 Å². The highest BCUT2D eigenvalue weighted by molar-refractivity contribution is 6.02. The van der Waals surface area contributed by atoms with E-state index in [0.29, 0.717) is 63.6 Å². The fraction of sp³-hybridized carbons (Fsp3) is 0.310. The first-order valence-electron chi connectivity index (χ1n) is 12.9. The third-order valence-electron chi connectivity index (χ3n) is 6.19. The molecule has 4 aromatic rings. The quantitative estimate of drug-likeness (QED) is 0.189. The van der Waals surface area contributed by atoms with Crippen LogP contribution >= 0.6 is 0 Å². The lowest BCUT2D eigenvalue weighted by molar-refractivity contribution is -0.156. The van der Waals surface area contributed by atoms with Crippen LogP contribution in [0.3, 0.4) is 0 Å². The predicted molar refractivity (Wildman–Crippen MR) is 154 cm³/mol. The molecule has 0 radical (unpaired) electrons. The average Bonchev–Trinajstić information content (AvgIpc) is 3.39. The number of esters is 1. The van der Waals surface area contributed by atoms with Crippen LogP contribution in [0.2, 0.25) is 0 Å². The number of pyridine rings is 2. The number of anilines is 4. The number of hydrogen-bond donors (Lipinski definition) is 2. The summed E-state index contributed by atoms with van der Waals surface area (Å²) in [4.78, 5) is 38.1. The van der Waals surface area contributed by atoms with E-state index in [9.17, 15) is 9.59 Å². The third-order valence-corrected chi connectivity index (χ3v) is 6.19. The van der Waals surface area contributed by atoms with Gasteiger partial charge in [0.15, 0.2) is 23.0 Å². The van der Waals surface area contributed by atoms with Crippen molar-refractivity contribution in [2.45, 2.75) is 39.7 Å². The molecule has 12 nitrogen and oxygen atoms in total. The molecule has 0 aliphatic carbocycles. The van der Waals surface area contributed by atoms with Gasteiger partial charge in [-0.2, -0.15) is 5.10 Å². The molecule has 214 valence electrons. The lowest BCUT2D eigenvalue weighted by Crippen LogP contribution is -2.39. The third kappa shape index (κ3) is 6.43. The van der Waals surface area contributed by atoms with Crippen molar-refractivity contribution < 1.29 is 23.8 Å². The maximum Gasteiger partial charge on any atom is 0.349 e. The largest absolute Gasteiger partial charge is 0.494 e. The molecule has 0 fully saturated rings. The van der Waals surface area contributed by atoms with Crippen molar-refractivity contribution in [2.24, 2.45) is 7.05 Å². The number of aromatic nitrogens is 5. The topological polar surface area (TPSA) is 142 Å². The van der Waals surface area contributed by atoms with Gasteiger partial charge >= 0.3 is 5.97 Å². The molecular formula is C29H33N7O5. The second-order valence-electron chi connectivity index (χ2n) is 9.65. The van der Waals surface area contributed by atoms with E-state index in [1.807, 2.05) is 18.2 Å². The average molecular weight is 560 g/mol. The Morgan fingerprint density at radius 2 is 1.80 bits per heavy atom. The van der Waals surface area contributed by atoms with E-state index >= 15 is 0 Å². The van der Waals surface area contributed by atoms with E-state index in [1.54, 1.807) is 71.1 Å². The molecule has 0 saturated heterocycles. The first-order valence-corrected chi connectivity index (χ1v) is 12.9. The van der Waals surface area contributed by atoms with E-state index in [1.165, 1.54) is 13.3 Å². The number of benzene rings is 1. The summed E-state index contributed by atoms with van der Waals surface area (Å²) in [5, 5.41) is 10.9. The van der Waals surface area contributed by atoms with Gasteiger partial charge < -0.3 is 24.8 Å². The van der Waals surface area contributed by atoms with Gasteiger partial charge in [0.25, 0.3) is 0 Å². The maximum absolute atomic E-state index is 12.8. The number of hydrogen-bond acceptors (Lipinski definition) is 11. The van der Waals surface area contributed by atoms with Crippen LogP contribution in [-0.4, -0.2) is 56.3 Å². The zero-order valence-corrected chi connectivity index (χ0v) is 24.1. The lowest BCUT2D eigenvalue weighted by Gasteiger charge is -2.24. The smallest absolute Gasteiger partial charge is 0.349 e. The second-order valence-corrected chi connectivity index (χ2v) is 9.65. The molecular weight excluding hydrogens is 526 g/mol. The molecule has 2 N–H and O–H groups in total. The first-order chi connectivity index (χ1) is 19.6. The summed E-state index contributed by atoms with van der Waals surface area (Å²) in [6.45, 7) is 6.82. The van der Waals surface area contributed by atoms with Gasteiger partial charge in [0.05, 0.1) is 42.4 Å². The summed E-state index contributed by atoms with van der Waals surface area (Å²) in [5.41, 5.74) is 1.68. The molecule has 0 aliphatic rings. The van der Waals surface area contributed by atoms with E-state index in [4.69, 9.17) is 14.2 Å². The number of ketones is 1. The Labute approximate surface area is 238 Å². The molecule has 0 aliphatic heterocycles. The van der Waals surface area contributed by atoms with Crippen molar-refractivity contribution in [2.75, 3.05) is 24.9 Å². The number of methoxy groups -OCH3 is 2. The highest BCUT2D eigenvalue weighted by Crippen LogP contribution is 2.37. The van der Waals surface area contributed by atoms with Crippen molar-refractivity contribution >= 4 is 34.8 Å². The van der Waals surface area contributed by atoms with Crippen LogP contribution in [0.1, 0.15) is 43.2 Å². The summed E-state index contributed by atoms with van der Waals surface area (Å²) >= 11 is 0. The highest BCUT2D eigenvalue weighted by Gasteiger charge is 2.31. The number of Topliss-reactive ketones (excluding diaryl/α,β-unsaturated/α-hetero) is 1. The predicted octanol–water partition coefficient (Wildman–Crippen LogP) is 5.00. The number of carbonyl (C=O) groups excluding carboxylic acids is 2. The highest BCUT2D eigenvalue weighted by atomic mass is 16.6. The van der Waals surface area contributed by atoms with Crippen LogP contribution in [-0.2, 0) is 16.6 Å². The SMILES string of the molecule is CCC(=O)c1cnc(Nc2ccc(OC(C)(C)C(=O)OC)c(C)n2)cc1Nc1cccc(-c2ncn(C)n2)c1OC. The summed E-state index contributed by atoms with van der Waals surface area (Å²) in [6, 6.07) is 10.7. The molecule has 1 aromatic carbocycles. The van der Waals surface area contributed by atoms with Crippen molar-refractivity contribution in [3.8, 4) is 22.9 Å². The number of nitrogens with zero attached hydrogens (tertiary/aromatic N) is 5. The van der Waals surface area contributed by atoms with Gasteiger partial charge in [0.1, 0.15) is 23.7 Å². The number of carbonyl (C=O) groups is 2. The van der Waals surface area contributed by atoms with Crippen molar-refractivity contribution in [1.29, 1.82) is 0 Å². The maximum atomic E-state index is 12.8. The molecule has 41 heavy (non-hydrogen) atoms. The number of para-hydroxylation sites is 1. The zero-order valence-electron chi connectivity index (χ0n) is 24.1. The molecule has 3 aromatic heterocycles. The van der Waals surface area contributed by atoms with E-state index < -0.39 is 11.6 Å². The van der Waals surface area contributed by atoms with Gasteiger partial charge in [-0.05, 0) is 45.0 Å². The Kier molecular flexibility index (Phi) is 8.51. The Morgan fingerprint density at radius 3 is 2.44 bits per heavy atom. The Balaban J connectivity index is 1.64. The fourth-order valence-corrected chi connectivity index (χ4v) is 4.10. The minimum Gasteiger partial charge on any atom is -0.494 e. The minimum absolute atomic E-state index is 0.0724. The van der Waals surface area contributed by atoms with Gasteiger partial charge in [-0.3, -0.25) is 9.48 Å². The molecule has 0 amide bonds. The van der Waals surface area contributed by atoms with Crippen molar-refractivity contribution in [1.82, 2.24) is 24.7 Å². The first kappa shape index (κ1) is 29.0. The summed E-state index contributed by atoms with van der Waals surface area (Å²) in [7, 11) is 4.67. The van der Waals surface area contributed by atoms with Crippen LogP contribution in [0.4, 0.5) is 23.0 Å². The Bertz CT molecular complexity index is 1580. The zero-order chi connectivity index (χ0) is 29.7. The second kappa shape index (κ2) is 12.0. The number of nitrogens with one attached hydrogen (secondary N) is 2. The van der Waals surface area contributed by atoms with Crippen LogP contribution in [0.15, 0.2) is 48.9 Å². The van der Waals surface area contributed by atoms with Crippen molar-refractivity contribution in [3.63, 3.8) is 0 Å². The Morgan fingerprint density at radius 1 is 1.02 bits per heavy atom. The Hall–Kier alpha value is -5.00. The molecule has 0 spiro atoms. The molecule has 0 bridgehead atoms. The minimum atomic E-state index is -1.18. The molecule has 12 heteroatoms. The van der Waals surface area contributed by atoms with Crippen LogP contribution in [0.5, 0.6) is 11.5 Å². The van der Waals surface area contributed by atoms with Crippen LogP contribution < -0.4 is 20.1 Å². The monoisotopic (exact) mass is 559 g/mol. The van der Waals surface area contributed by atoms with Gasteiger partial charge in [0, 0.05) is 25.7 Å². The van der Waals surface area contributed by atoms with E-state index in [0.717, 1.165) is 0 Å². The van der Waals surface area contributed by atoms with Gasteiger partial charge in [0.2, 0.25) is 0 Å². The van der Waals surface area contributed by atoms with Gasteiger partial charge in [-0.15, -0.1) is 0 Å². The molecule has 3 heterocycles. The van der Waals surface area contributed by atoms with Crippen LogP contribution in [0, 0.1) is 6.92 Å². The molecule has 0 atom stereocenters.